The van der Waals surface area contributed by atoms with E-state index in [1.165, 1.54) is 64.2 Å². The molecule has 18 heavy (non-hydrogen) atoms. The molecule has 3 atom stereocenters. The first-order valence-electron chi connectivity index (χ1n) is 8.10. The molecule has 1 saturated carbocycles. The second-order valence-corrected chi connectivity index (χ2v) is 6.02. The molecule has 0 aliphatic heterocycles. The molecule has 1 nitrogen and oxygen atoms in total. The van der Waals surface area contributed by atoms with Gasteiger partial charge in [0.2, 0.25) is 0 Å². The lowest BCUT2D eigenvalue weighted by Gasteiger charge is -2.34. The fraction of sp³-hybridized carbons (Fsp3) is 0.882. The Hall–Kier alpha value is -0.300. The predicted molar refractivity (Wildman–Crippen MR) is 81.9 cm³/mol. The fourth-order valence-corrected chi connectivity index (χ4v) is 3.51. The zero-order chi connectivity index (χ0) is 13.2. The SMILES string of the molecule is C=CCCCCCC(NC)C1CCCC(CC)C1. The van der Waals surface area contributed by atoms with E-state index < -0.39 is 0 Å². The van der Waals surface area contributed by atoms with Crippen LogP contribution in [0.2, 0.25) is 0 Å². The van der Waals surface area contributed by atoms with Crippen LogP contribution >= 0.6 is 0 Å². The van der Waals surface area contributed by atoms with E-state index in [1.54, 1.807) is 0 Å². The summed E-state index contributed by atoms with van der Waals surface area (Å²) in [7, 11) is 2.16. The van der Waals surface area contributed by atoms with Crippen molar-refractivity contribution < 1.29 is 0 Å². The summed E-state index contributed by atoms with van der Waals surface area (Å²) in [4.78, 5) is 0. The maximum absolute atomic E-state index is 3.79. The predicted octanol–water partition coefficient (Wildman–Crippen LogP) is 4.93. The van der Waals surface area contributed by atoms with E-state index in [-0.39, 0.29) is 0 Å². The van der Waals surface area contributed by atoms with E-state index in [9.17, 15) is 0 Å². The third-order valence-electron chi connectivity index (χ3n) is 4.76. The lowest BCUT2D eigenvalue weighted by molar-refractivity contribution is 0.205. The molecule has 0 spiro atoms. The number of nitrogens with one attached hydrogen (secondary N) is 1. The Bertz CT molecular complexity index is 212. The van der Waals surface area contributed by atoms with Crippen molar-refractivity contribution in [2.75, 3.05) is 7.05 Å². The molecule has 0 amide bonds. The van der Waals surface area contributed by atoms with Crippen LogP contribution in [0.3, 0.4) is 0 Å². The number of rotatable bonds is 9. The van der Waals surface area contributed by atoms with Gasteiger partial charge in [-0.15, -0.1) is 6.58 Å². The number of unbranched alkanes of at least 4 members (excludes halogenated alkanes) is 3. The van der Waals surface area contributed by atoms with Gasteiger partial charge in [-0.05, 0) is 51.0 Å². The van der Waals surface area contributed by atoms with Crippen LogP contribution in [0.15, 0.2) is 12.7 Å². The summed E-state index contributed by atoms with van der Waals surface area (Å²) in [6, 6.07) is 0.767. The highest BCUT2D eigenvalue weighted by molar-refractivity contribution is 4.81. The van der Waals surface area contributed by atoms with Crippen molar-refractivity contribution in [2.45, 2.75) is 77.2 Å². The monoisotopic (exact) mass is 251 g/mol. The molecule has 0 radical (unpaired) electrons. The highest BCUT2D eigenvalue weighted by atomic mass is 14.9. The van der Waals surface area contributed by atoms with Gasteiger partial charge in [-0.2, -0.15) is 0 Å². The minimum Gasteiger partial charge on any atom is -0.317 e. The molecule has 106 valence electrons. The Labute approximate surface area is 114 Å². The molecule has 0 bridgehead atoms. The Morgan fingerprint density at radius 3 is 2.78 bits per heavy atom. The maximum atomic E-state index is 3.79. The summed E-state index contributed by atoms with van der Waals surface area (Å²) in [5.41, 5.74) is 0. The van der Waals surface area contributed by atoms with Crippen molar-refractivity contribution in [2.24, 2.45) is 11.8 Å². The molecule has 1 rings (SSSR count). The van der Waals surface area contributed by atoms with E-state index >= 15 is 0 Å². The molecule has 0 aromatic carbocycles. The average Bonchev–Trinajstić information content (AvgIpc) is 2.43. The van der Waals surface area contributed by atoms with Crippen molar-refractivity contribution in [3.05, 3.63) is 12.7 Å². The highest BCUT2D eigenvalue weighted by Gasteiger charge is 2.26. The Kier molecular flexibility index (Phi) is 8.41. The van der Waals surface area contributed by atoms with Crippen molar-refractivity contribution in [3.63, 3.8) is 0 Å². The van der Waals surface area contributed by atoms with Gasteiger partial charge in [0.05, 0.1) is 0 Å². The molecule has 1 heteroatoms. The van der Waals surface area contributed by atoms with Gasteiger partial charge in [0.15, 0.2) is 0 Å². The summed E-state index contributed by atoms with van der Waals surface area (Å²) < 4.78 is 0. The zero-order valence-corrected chi connectivity index (χ0v) is 12.6. The van der Waals surface area contributed by atoms with Gasteiger partial charge >= 0.3 is 0 Å². The highest BCUT2D eigenvalue weighted by Crippen LogP contribution is 2.34. The number of hydrogen-bond acceptors (Lipinski definition) is 1. The van der Waals surface area contributed by atoms with E-state index in [1.807, 2.05) is 6.08 Å². The first-order chi connectivity index (χ1) is 8.81. The van der Waals surface area contributed by atoms with Crippen molar-refractivity contribution in [1.29, 1.82) is 0 Å². The maximum Gasteiger partial charge on any atom is 0.00924 e. The van der Waals surface area contributed by atoms with Gasteiger partial charge in [0.25, 0.3) is 0 Å². The zero-order valence-electron chi connectivity index (χ0n) is 12.6. The lowest BCUT2D eigenvalue weighted by Crippen LogP contribution is -2.36. The molecule has 0 heterocycles. The largest absolute Gasteiger partial charge is 0.317 e. The topological polar surface area (TPSA) is 12.0 Å². The Morgan fingerprint density at radius 2 is 2.11 bits per heavy atom. The number of hydrogen-bond donors (Lipinski definition) is 1. The average molecular weight is 251 g/mol. The fourth-order valence-electron chi connectivity index (χ4n) is 3.51. The number of allylic oxidation sites excluding steroid dienone is 1. The molecule has 3 unspecified atom stereocenters. The van der Waals surface area contributed by atoms with E-state index in [0.717, 1.165) is 17.9 Å². The van der Waals surface area contributed by atoms with Crippen LogP contribution in [-0.4, -0.2) is 13.1 Å². The third kappa shape index (κ3) is 5.56. The van der Waals surface area contributed by atoms with Crippen LogP contribution in [0.5, 0.6) is 0 Å². The van der Waals surface area contributed by atoms with Crippen LogP contribution in [0.25, 0.3) is 0 Å². The van der Waals surface area contributed by atoms with Gasteiger partial charge in [-0.1, -0.05) is 45.1 Å². The first-order valence-corrected chi connectivity index (χ1v) is 8.10. The summed E-state index contributed by atoms with van der Waals surface area (Å²) in [5.74, 6) is 1.94. The molecular weight excluding hydrogens is 218 g/mol. The molecule has 1 aliphatic carbocycles. The summed E-state index contributed by atoms with van der Waals surface area (Å²) in [6.45, 7) is 6.15. The minimum atomic E-state index is 0.767. The van der Waals surface area contributed by atoms with E-state index in [0.29, 0.717) is 0 Å². The first kappa shape index (κ1) is 15.8. The van der Waals surface area contributed by atoms with Crippen LogP contribution < -0.4 is 5.32 Å². The summed E-state index contributed by atoms with van der Waals surface area (Å²) in [5, 5.41) is 3.59. The molecular formula is C17H33N. The Morgan fingerprint density at radius 1 is 1.28 bits per heavy atom. The van der Waals surface area contributed by atoms with Gasteiger partial charge in [0.1, 0.15) is 0 Å². The summed E-state index contributed by atoms with van der Waals surface area (Å²) in [6.07, 6.45) is 15.9. The van der Waals surface area contributed by atoms with E-state index in [4.69, 9.17) is 0 Å². The molecule has 0 aromatic rings. The molecule has 1 aliphatic rings. The van der Waals surface area contributed by atoms with Gasteiger partial charge in [0, 0.05) is 6.04 Å². The van der Waals surface area contributed by atoms with Crippen molar-refractivity contribution >= 4 is 0 Å². The third-order valence-corrected chi connectivity index (χ3v) is 4.76. The van der Waals surface area contributed by atoms with Crippen LogP contribution in [0.4, 0.5) is 0 Å². The standard InChI is InChI=1S/C17H33N/c1-4-6-7-8-9-13-17(18-3)16-12-10-11-15(5-2)14-16/h4,15-18H,1,5-14H2,2-3H3. The summed E-state index contributed by atoms with van der Waals surface area (Å²) >= 11 is 0. The molecule has 1 N–H and O–H groups in total. The van der Waals surface area contributed by atoms with Gasteiger partial charge in [-0.3, -0.25) is 0 Å². The quantitative estimate of drug-likeness (QED) is 0.453. The molecule has 1 fully saturated rings. The van der Waals surface area contributed by atoms with Crippen LogP contribution in [0.1, 0.15) is 71.1 Å². The second kappa shape index (κ2) is 9.61. The van der Waals surface area contributed by atoms with Crippen molar-refractivity contribution in [3.8, 4) is 0 Å². The minimum absolute atomic E-state index is 0.767. The van der Waals surface area contributed by atoms with Crippen LogP contribution in [0, 0.1) is 11.8 Å². The van der Waals surface area contributed by atoms with Gasteiger partial charge < -0.3 is 5.32 Å². The second-order valence-electron chi connectivity index (χ2n) is 6.02. The molecule has 0 aromatic heterocycles. The normalized spacial score (nSPS) is 25.9. The smallest absolute Gasteiger partial charge is 0.00924 e. The Balaban J connectivity index is 2.24. The van der Waals surface area contributed by atoms with Crippen LogP contribution in [-0.2, 0) is 0 Å². The van der Waals surface area contributed by atoms with Crippen molar-refractivity contribution in [1.82, 2.24) is 5.32 Å². The molecule has 0 saturated heterocycles. The van der Waals surface area contributed by atoms with E-state index in [2.05, 4.69) is 25.9 Å². The lowest BCUT2D eigenvalue weighted by atomic mass is 9.76. The van der Waals surface area contributed by atoms with Gasteiger partial charge in [-0.25, -0.2) is 0 Å².